The molecule has 92 valence electrons. The molecule has 3 rings (SSSR count). The number of halogens is 1. The highest BCUT2D eigenvalue weighted by atomic mass is 79.9. The Morgan fingerprint density at radius 3 is 2.72 bits per heavy atom. The van der Waals surface area contributed by atoms with Gasteiger partial charge in [-0.1, -0.05) is 15.9 Å². The lowest BCUT2D eigenvalue weighted by atomic mass is 9.89. The molecule has 0 saturated heterocycles. The third-order valence-electron chi connectivity index (χ3n) is 4.28. The molecule has 2 saturated carbocycles. The Kier molecular flexibility index (Phi) is 2.33. The van der Waals surface area contributed by atoms with Crippen LogP contribution >= 0.6 is 15.9 Å². The Morgan fingerprint density at radius 2 is 2.22 bits per heavy atom. The van der Waals surface area contributed by atoms with Gasteiger partial charge in [0.25, 0.3) is 0 Å². The van der Waals surface area contributed by atoms with Crippen LogP contribution in [0.3, 0.4) is 0 Å². The highest BCUT2D eigenvalue weighted by molar-refractivity contribution is 9.10. The van der Waals surface area contributed by atoms with Crippen molar-refractivity contribution in [2.24, 2.45) is 5.41 Å². The van der Waals surface area contributed by atoms with Crippen molar-refractivity contribution in [2.45, 2.75) is 24.7 Å². The van der Waals surface area contributed by atoms with E-state index in [0.29, 0.717) is 5.56 Å². The van der Waals surface area contributed by atoms with E-state index in [1.807, 2.05) is 12.1 Å². The summed E-state index contributed by atoms with van der Waals surface area (Å²) in [4.78, 5) is 11.8. The Hall–Kier alpha value is -1.34. The SMILES string of the molecule is COC(=O)c1ccc(Br)cc1C1(C#N)CC12CC2. The van der Waals surface area contributed by atoms with E-state index < -0.39 is 5.41 Å². The fourth-order valence-corrected chi connectivity index (χ4v) is 3.34. The van der Waals surface area contributed by atoms with E-state index in [-0.39, 0.29) is 11.4 Å². The zero-order valence-corrected chi connectivity index (χ0v) is 11.6. The average molecular weight is 306 g/mol. The van der Waals surface area contributed by atoms with Crippen molar-refractivity contribution in [3.63, 3.8) is 0 Å². The first-order valence-electron chi connectivity index (χ1n) is 5.88. The van der Waals surface area contributed by atoms with Gasteiger partial charge in [-0.3, -0.25) is 0 Å². The molecule has 3 nitrogen and oxygen atoms in total. The number of nitrogens with zero attached hydrogens (tertiary/aromatic N) is 1. The highest BCUT2D eigenvalue weighted by Gasteiger charge is 2.76. The first-order valence-corrected chi connectivity index (χ1v) is 6.67. The van der Waals surface area contributed by atoms with Gasteiger partial charge < -0.3 is 4.74 Å². The first-order chi connectivity index (χ1) is 8.58. The number of carbonyl (C=O) groups excluding carboxylic acids is 1. The number of hydrogen-bond donors (Lipinski definition) is 0. The lowest BCUT2D eigenvalue weighted by Crippen LogP contribution is -2.15. The van der Waals surface area contributed by atoms with Gasteiger partial charge in [0, 0.05) is 4.47 Å². The molecule has 0 bridgehead atoms. The smallest absolute Gasteiger partial charge is 0.338 e. The van der Waals surface area contributed by atoms with E-state index in [1.165, 1.54) is 7.11 Å². The molecule has 0 radical (unpaired) electrons. The van der Waals surface area contributed by atoms with E-state index in [2.05, 4.69) is 22.0 Å². The van der Waals surface area contributed by atoms with Crippen molar-refractivity contribution in [2.75, 3.05) is 7.11 Å². The number of benzene rings is 1. The molecule has 2 aliphatic carbocycles. The van der Waals surface area contributed by atoms with Gasteiger partial charge in [-0.05, 0) is 48.4 Å². The molecule has 0 N–H and O–H groups in total. The predicted molar refractivity (Wildman–Crippen MR) is 69.1 cm³/mol. The topological polar surface area (TPSA) is 50.1 Å². The molecule has 1 atom stereocenters. The molecule has 1 aromatic rings. The zero-order valence-electron chi connectivity index (χ0n) is 10.00. The lowest BCUT2D eigenvalue weighted by Gasteiger charge is -2.13. The van der Waals surface area contributed by atoms with E-state index in [4.69, 9.17) is 4.74 Å². The van der Waals surface area contributed by atoms with Crippen molar-refractivity contribution < 1.29 is 9.53 Å². The summed E-state index contributed by atoms with van der Waals surface area (Å²) >= 11 is 3.41. The van der Waals surface area contributed by atoms with E-state index in [1.54, 1.807) is 6.07 Å². The maximum absolute atomic E-state index is 11.8. The van der Waals surface area contributed by atoms with E-state index >= 15 is 0 Å². The van der Waals surface area contributed by atoms with Crippen LogP contribution in [0.15, 0.2) is 22.7 Å². The fraction of sp³-hybridized carbons (Fsp3) is 0.429. The van der Waals surface area contributed by atoms with Crippen molar-refractivity contribution in [1.82, 2.24) is 0 Å². The maximum Gasteiger partial charge on any atom is 0.338 e. The number of rotatable bonds is 2. The maximum atomic E-state index is 11.8. The van der Waals surface area contributed by atoms with Crippen molar-refractivity contribution in [3.8, 4) is 6.07 Å². The summed E-state index contributed by atoms with van der Waals surface area (Å²) < 4.78 is 5.70. The van der Waals surface area contributed by atoms with Crippen LogP contribution in [0.4, 0.5) is 0 Å². The zero-order chi connectivity index (χ0) is 13.0. The first kappa shape index (κ1) is 11.7. The van der Waals surface area contributed by atoms with Crippen molar-refractivity contribution in [1.29, 1.82) is 5.26 Å². The van der Waals surface area contributed by atoms with Gasteiger partial charge >= 0.3 is 5.97 Å². The second-order valence-corrected chi connectivity index (χ2v) is 6.07. The van der Waals surface area contributed by atoms with E-state index in [0.717, 1.165) is 29.3 Å². The standard InChI is InChI=1S/C14H12BrNO2/c1-18-12(17)10-3-2-9(15)6-11(10)14(8-16)7-13(14)4-5-13/h2-3,6H,4-5,7H2,1H3. The number of carbonyl (C=O) groups is 1. The molecule has 2 fully saturated rings. The average Bonchev–Trinajstić information content (AvgIpc) is 3.28. The molecule has 0 amide bonds. The van der Waals surface area contributed by atoms with Gasteiger partial charge in [0.05, 0.1) is 24.2 Å². The van der Waals surface area contributed by atoms with Crippen LogP contribution in [0.2, 0.25) is 0 Å². The molecular weight excluding hydrogens is 294 g/mol. The number of methoxy groups -OCH3 is 1. The van der Waals surface area contributed by atoms with Gasteiger partial charge in [-0.25, -0.2) is 4.79 Å². The van der Waals surface area contributed by atoms with Gasteiger partial charge in [0.15, 0.2) is 0 Å². The van der Waals surface area contributed by atoms with Crippen LogP contribution in [-0.2, 0) is 10.2 Å². The molecule has 1 unspecified atom stereocenters. The molecular formula is C14H12BrNO2. The van der Waals surface area contributed by atoms with Crippen LogP contribution in [0.25, 0.3) is 0 Å². The van der Waals surface area contributed by atoms with Crippen molar-refractivity contribution >= 4 is 21.9 Å². The molecule has 0 aromatic heterocycles. The summed E-state index contributed by atoms with van der Waals surface area (Å²) in [5.74, 6) is -0.366. The Balaban J connectivity index is 2.14. The molecule has 1 spiro atoms. The summed E-state index contributed by atoms with van der Waals surface area (Å²) in [7, 11) is 1.37. The number of hydrogen-bond acceptors (Lipinski definition) is 3. The molecule has 2 aliphatic rings. The summed E-state index contributed by atoms with van der Waals surface area (Å²) in [5.41, 5.74) is 1.01. The highest BCUT2D eigenvalue weighted by Crippen LogP contribution is 2.78. The largest absolute Gasteiger partial charge is 0.465 e. The molecule has 4 heteroatoms. The summed E-state index contributed by atoms with van der Waals surface area (Å²) in [6, 6.07) is 7.87. The monoisotopic (exact) mass is 305 g/mol. The van der Waals surface area contributed by atoms with Crippen LogP contribution in [0.5, 0.6) is 0 Å². The van der Waals surface area contributed by atoms with Crippen LogP contribution in [0, 0.1) is 16.7 Å². The minimum atomic E-state index is -0.472. The number of nitriles is 1. The number of ether oxygens (including phenoxy) is 1. The fourth-order valence-electron chi connectivity index (χ4n) is 2.97. The molecule has 1 aromatic carbocycles. The predicted octanol–water partition coefficient (Wildman–Crippen LogP) is 3.18. The Labute approximate surface area is 114 Å². The minimum absolute atomic E-state index is 0.144. The van der Waals surface area contributed by atoms with Crippen LogP contribution in [-0.4, -0.2) is 13.1 Å². The van der Waals surface area contributed by atoms with Gasteiger partial charge in [0.2, 0.25) is 0 Å². The van der Waals surface area contributed by atoms with E-state index in [9.17, 15) is 10.1 Å². The Morgan fingerprint density at radius 1 is 1.50 bits per heavy atom. The molecule has 0 heterocycles. The normalized spacial score (nSPS) is 26.5. The van der Waals surface area contributed by atoms with Gasteiger partial charge in [-0.15, -0.1) is 0 Å². The lowest BCUT2D eigenvalue weighted by molar-refractivity contribution is 0.0599. The summed E-state index contributed by atoms with van der Waals surface area (Å²) in [6.07, 6.45) is 3.05. The minimum Gasteiger partial charge on any atom is -0.465 e. The summed E-state index contributed by atoms with van der Waals surface area (Å²) in [6.45, 7) is 0. The van der Waals surface area contributed by atoms with Gasteiger partial charge in [-0.2, -0.15) is 5.26 Å². The second-order valence-electron chi connectivity index (χ2n) is 5.16. The number of esters is 1. The third kappa shape index (κ3) is 1.37. The molecule has 18 heavy (non-hydrogen) atoms. The van der Waals surface area contributed by atoms with Crippen LogP contribution < -0.4 is 0 Å². The summed E-state index contributed by atoms with van der Waals surface area (Å²) in [5, 5.41) is 9.54. The van der Waals surface area contributed by atoms with Crippen molar-refractivity contribution in [3.05, 3.63) is 33.8 Å². The van der Waals surface area contributed by atoms with Crippen LogP contribution in [0.1, 0.15) is 35.2 Å². The quantitative estimate of drug-likeness (QED) is 0.789. The third-order valence-corrected chi connectivity index (χ3v) is 4.77. The molecule has 0 aliphatic heterocycles. The second kappa shape index (κ2) is 3.58. The Bertz CT molecular complexity index is 586. The van der Waals surface area contributed by atoms with Gasteiger partial charge in [0.1, 0.15) is 0 Å².